The van der Waals surface area contributed by atoms with Crippen molar-refractivity contribution in [1.29, 1.82) is 0 Å². The maximum absolute atomic E-state index is 12.4. The van der Waals surface area contributed by atoms with E-state index >= 15 is 0 Å². The molecule has 0 unspecified atom stereocenters. The zero-order valence-electron chi connectivity index (χ0n) is 15.5. The van der Waals surface area contributed by atoms with Crippen molar-refractivity contribution >= 4 is 28.2 Å². The van der Waals surface area contributed by atoms with E-state index in [1.54, 1.807) is 18.3 Å². The van der Waals surface area contributed by atoms with Gasteiger partial charge >= 0.3 is 5.97 Å². The van der Waals surface area contributed by atoms with Gasteiger partial charge in [0.15, 0.2) is 0 Å². The average Bonchev–Trinajstić information content (AvgIpc) is 2.91. The second-order valence-electron chi connectivity index (χ2n) is 7.11. The van der Waals surface area contributed by atoms with Crippen molar-refractivity contribution in [3.63, 3.8) is 0 Å². The highest BCUT2D eigenvalue weighted by molar-refractivity contribution is 7.17. The van der Waals surface area contributed by atoms with Crippen molar-refractivity contribution in [2.24, 2.45) is 11.3 Å². The molecular formula is C19H29NO3S. The number of thiophene rings is 1. The number of esters is 1. The Kier molecular flexibility index (Phi) is 6.07. The van der Waals surface area contributed by atoms with Gasteiger partial charge < -0.3 is 10.1 Å². The summed E-state index contributed by atoms with van der Waals surface area (Å²) in [5.41, 5.74) is 1.97. The summed E-state index contributed by atoms with van der Waals surface area (Å²) in [4.78, 5) is 25.5. The van der Waals surface area contributed by atoms with Gasteiger partial charge in [-0.15, -0.1) is 11.3 Å². The largest absolute Gasteiger partial charge is 0.462 e. The fraction of sp³-hybridized carbons (Fsp3) is 0.684. The predicted octanol–water partition coefficient (Wildman–Crippen LogP) is 4.81. The monoisotopic (exact) mass is 351 g/mol. The minimum atomic E-state index is -0.311. The molecule has 0 bridgehead atoms. The van der Waals surface area contributed by atoms with E-state index in [-0.39, 0.29) is 11.9 Å². The Labute approximate surface area is 149 Å². The van der Waals surface area contributed by atoms with Crippen LogP contribution >= 0.6 is 11.3 Å². The first-order chi connectivity index (χ1) is 11.3. The lowest BCUT2D eigenvalue weighted by molar-refractivity contribution is -0.115. The van der Waals surface area contributed by atoms with Crippen LogP contribution in [0.4, 0.5) is 5.00 Å². The number of rotatable bonds is 6. The molecule has 0 saturated carbocycles. The third-order valence-electron chi connectivity index (χ3n) is 5.34. The molecule has 0 saturated heterocycles. The van der Waals surface area contributed by atoms with Crippen LogP contribution in [0.25, 0.3) is 0 Å². The van der Waals surface area contributed by atoms with Crippen molar-refractivity contribution in [2.45, 2.75) is 66.7 Å². The van der Waals surface area contributed by atoms with E-state index in [1.807, 2.05) is 6.92 Å². The maximum Gasteiger partial charge on any atom is 0.341 e. The van der Waals surface area contributed by atoms with Crippen molar-refractivity contribution < 1.29 is 14.3 Å². The van der Waals surface area contributed by atoms with Crippen LogP contribution in [0, 0.1) is 11.3 Å². The Morgan fingerprint density at radius 2 is 2.00 bits per heavy atom. The van der Waals surface area contributed by atoms with Gasteiger partial charge in [-0.3, -0.25) is 4.79 Å². The SMILES string of the molecule is CCOC(=O)c1c(NC(=O)CC)sc2c1CC[C@H](C(C)(C)CC)C2. The molecule has 0 spiro atoms. The number of hydrogen-bond acceptors (Lipinski definition) is 4. The fourth-order valence-electron chi connectivity index (χ4n) is 3.26. The smallest absolute Gasteiger partial charge is 0.341 e. The fourth-order valence-corrected chi connectivity index (χ4v) is 4.60. The Morgan fingerprint density at radius 3 is 2.58 bits per heavy atom. The van der Waals surface area contributed by atoms with E-state index in [1.165, 1.54) is 4.88 Å². The normalized spacial score (nSPS) is 17.3. The minimum Gasteiger partial charge on any atom is -0.462 e. The summed E-state index contributed by atoms with van der Waals surface area (Å²) >= 11 is 1.56. The number of anilines is 1. The lowest BCUT2D eigenvalue weighted by Crippen LogP contribution is -2.28. The highest BCUT2D eigenvalue weighted by Gasteiger charge is 2.35. The number of hydrogen-bond donors (Lipinski definition) is 1. The number of fused-ring (bicyclic) bond motifs is 1. The van der Waals surface area contributed by atoms with E-state index in [2.05, 4.69) is 26.1 Å². The second kappa shape index (κ2) is 7.68. The molecule has 24 heavy (non-hydrogen) atoms. The molecule has 4 nitrogen and oxygen atoms in total. The minimum absolute atomic E-state index is 0.0652. The second-order valence-corrected chi connectivity index (χ2v) is 8.22. The molecule has 5 heteroatoms. The molecule has 0 aliphatic heterocycles. The van der Waals surface area contributed by atoms with Gasteiger partial charge in [-0.25, -0.2) is 4.79 Å². The van der Waals surface area contributed by atoms with Crippen molar-refractivity contribution in [3.05, 3.63) is 16.0 Å². The Morgan fingerprint density at radius 1 is 1.29 bits per heavy atom. The molecule has 1 aromatic rings. The summed E-state index contributed by atoms with van der Waals surface area (Å²) in [7, 11) is 0. The summed E-state index contributed by atoms with van der Waals surface area (Å²) in [6.07, 6.45) is 4.49. The number of amides is 1. The van der Waals surface area contributed by atoms with Crippen LogP contribution < -0.4 is 5.32 Å². The van der Waals surface area contributed by atoms with Gasteiger partial charge in [-0.2, -0.15) is 0 Å². The average molecular weight is 352 g/mol. The highest BCUT2D eigenvalue weighted by Crippen LogP contribution is 2.45. The molecule has 0 radical (unpaired) electrons. The van der Waals surface area contributed by atoms with Gasteiger partial charge in [0, 0.05) is 11.3 Å². The first kappa shape index (κ1) is 19.0. The molecule has 1 amide bonds. The van der Waals surface area contributed by atoms with E-state index in [0.717, 1.165) is 31.2 Å². The Bertz CT molecular complexity index is 618. The van der Waals surface area contributed by atoms with E-state index in [4.69, 9.17) is 4.74 Å². The first-order valence-corrected chi connectivity index (χ1v) is 9.77. The summed E-state index contributed by atoms with van der Waals surface area (Å²) in [6, 6.07) is 0. The lowest BCUT2D eigenvalue weighted by atomic mass is 9.69. The van der Waals surface area contributed by atoms with E-state index in [9.17, 15) is 9.59 Å². The Balaban J connectivity index is 2.37. The Hall–Kier alpha value is -1.36. The summed E-state index contributed by atoms with van der Waals surface area (Å²) in [6.45, 7) is 10.8. The third kappa shape index (κ3) is 3.82. The molecule has 1 heterocycles. The van der Waals surface area contributed by atoms with Crippen molar-refractivity contribution in [1.82, 2.24) is 0 Å². The third-order valence-corrected chi connectivity index (χ3v) is 6.51. The molecule has 0 aromatic carbocycles. The summed E-state index contributed by atoms with van der Waals surface area (Å²) in [5.74, 6) is 0.234. The predicted molar refractivity (Wildman–Crippen MR) is 98.8 cm³/mol. The molecule has 0 fully saturated rings. The van der Waals surface area contributed by atoms with Crippen LogP contribution in [-0.2, 0) is 22.4 Å². The number of nitrogens with one attached hydrogen (secondary N) is 1. The molecule has 1 aliphatic rings. The van der Waals surface area contributed by atoms with Gasteiger partial charge in [0.25, 0.3) is 0 Å². The first-order valence-electron chi connectivity index (χ1n) is 8.95. The van der Waals surface area contributed by atoms with Gasteiger partial charge in [-0.1, -0.05) is 34.1 Å². The zero-order valence-corrected chi connectivity index (χ0v) is 16.3. The number of carbonyl (C=O) groups excluding carboxylic acids is 2. The van der Waals surface area contributed by atoms with Crippen LogP contribution in [0.15, 0.2) is 0 Å². The molecular weight excluding hydrogens is 322 g/mol. The lowest BCUT2D eigenvalue weighted by Gasteiger charge is -2.36. The molecule has 1 aliphatic carbocycles. The van der Waals surface area contributed by atoms with E-state index in [0.29, 0.717) is 34.9 Å². The zero-order chi connectivity index (χ0) is 17.9. The van der Waals surface area contributed by atoms with Gasteiger partial charge in [0.1, 0.15) is 5.00 Å². The molecule has 134 valence electrons. The summed E-state index contributed by atoms with van der Waals surface area (Å²) < 4.78 is 5.24. The number of carbonyl (C=O) groups is 2. The topological polar surface area (TPSA) is 55.4 Å². The van der Waals surface area contributed by atoms with Crippen LogP contribution in [-0.4, -0.2) is 18.5 Å². The number of ether oxygens (including phenoxy) is 1. The summed E-state index contributed by atoms with van der Waals surface area (Å²) in [5, 5.41) is 3.57. The highest BCUT2D eigenvalue weighted by atomic mass is 32.1. The van der Waals surface area contributed by atoms with Crippen molar-refractivity contribution in [3.8, 4) is 0 Å². The van der Waals surface area contributed by atoms with Crippen LogP contribution in [0.1, 0.15) is 74.7 Å². The molecule has 2 rings (SSSR count). The molecule has 1 aromatic heterocycles. The van der Waals surface area contributed by atoms with Gasteiger partial charge in [-0.05, 0) is 43.1 Å². The van der Waals surface area contributed by atoms with Gasteiger partial charge in [0.05, 0.1) is 12.2 Å². The van der Waals surface area contributed by atoms with Gasteiger partial charge in [0.2, 0.25) is 5.91 Å². The van der Waals surface area contributed by atoms with E-state index < -0.39 is 0 Å². The quantitative estimate of drug-likeness (QED) is 0.748. The van der Waals surface area contributed by atoms with Crippen LogP contribution in [0.5, 0.6) is 0 Å². The molecule has 1 atom stereocenters. The van der Waals surface area contributed by atoms with Crippen LogP contribution in [0.3, 0.4) is 0 Å². The van der Waals surface area contributed by atoms with Crippen LogP contribution in [0.2, 0.25) is 0 Å². The molecule has 1 N–H and O–H groups in total. The van der Waals surface area contributed by atoms with Crippen molar-refractivity contribution in [2.75, 3.05) is 11.9 Å². The standard InChI is InChI=1S/C19H29NO3S/c1-6-15(21)20-17-16(18(22)23-8-3)13-10-9-12(11-14(13)24-17)19(4,5)7-2/h12H,6-11H2,1-5H3,(H,20,21)/t12-/m0/s1. The maximum atomic E-state index is 12.4.